The van der Waals surface area contributed by atoms with Crippen LogP contribution in [0.15, 0.2) is 12.2 Å². The molecule has 0 aromatic rings. The quantitative estimate of drug-likeness (QED) is 0.253. The second-order valence-corrected chi connectivity index (χ2v) is 8.05. The Morgan fingerprint density at radius 3 is 1.96 bits per heavy atom. The van der Waals surface area contributed by atoms with Crippen molar-refractivity contribution in [1.82, 2.24) is 0 Å². The van der Waals surface area contributed by atoms with E-state index in [2.05, 4.69) is 19.1 Å². The number of aliphatic hydroxyl groups is 3. The topological polar surface area (TPSA) is 79.2 Å². The molecule has 0 saturated carbocycles. The number of hydrogen-bond donors (Lipinski definition) is 3. The molecule has 0 amide bonds. The van der Waals surface area contributed by atoms with Crippen LogP contribution in [-0.4, -0.2) is 59.6 Å². The minimum Gasteiger partial charge on any atom is -0.388 e. The Morgan fingerprint density at radius 1 is 0.786 bits per heavy atom. The lowest BCUT2D eigenvalue weighted by atomic mass is 10.0. The van der Waals surface area contributed by atoms with Crippen LogP contribution in [0.2, 0.25) is 0 Å². The summed E-state index contributed by atoms with van der Waals surface area (Å²) in [4.78, 5) is 0. The van der Waals surface area contributed by atoms with Gasteiger partial charge in [0.1, 0.15) is 24.4 Å². The van der Waals surface area contributed by atoms with E-state index in [9.17, 15) is 15.3 Å². The van der Waals surface area contributed by atoms with E-state index >= 15 is 0 Å². The summed E-state index contributed by atoms with van der Waals surface area (Å²) in [5.74, 6) is 0. The van der Waals surface area contributed by atoms with Crippen LogP contribution in [0.3, 0.4) is 0 Å². The fourth-order valence-electron chi connectivity index (χ4n) is 3.55. The Morgan fingerprint density at radius 2 is 1.36 bits per heavy atom. The van der Waals surface area contributed by atoms with Gasteiger partial charge in [0.2, 0.25) is 0 Å². The van der Waals surface area contributed by atoms with Crippen LogP contribution >= 0.6 is 0 Å². The maximum atomic E-state index is 9.83. The van der Waals surface area contributed by atoms with Crippen LogP contribution in [0.5, 0.6) is 0 Å². The third-order valence-electron chi connectivity index (χ3n) is 5.45. The summed E-state index contributed by atoms with van der Waals surface area (Å²) < 4.78 is 10.9. The first-order valence-corrected chi connectivity index (χ1v) is 11.5. The van der Waals surface area contributed by atoms with Crippen molar-refractivity contribution in [2.24, 2.45) is 0 Å². The van der Waals surface area contributed by atoms with Gasteiger partial charge in [-0.2, -0.15) is 0 Å². The van der Waals surface area contributed by atoms with E-state index in [1.165, 1.54) is 70.6 Å². The summed E-state index contributed by atoms with van der Waals surface area (Å²) >= 11 is 0. The van der Waals surface area contributed by atoms with Crippen LogP contribution in [0, 0.1) is 0 Å². The Labute approximate surface area is 172 Å². The molecular weight excluding hydrogens is 356 g/mol. The molecule has 3 N–H and O–H groups in total. The molecule has 1 aliphatic rings. The summed E-state index contributed by atoms with van der Waals surface area (Å²) in [7, 11) is 0. The predicted octanol–water partition coefficient (Wildman–Crippen LogP) is 4.13. The summed E-state index contributed by atoms with van der Waals surface area (Å²) in [5, 5.41) is 28.9. The Kier molecular flexibility index (Phi) is 15.9. The van der Waals surface area contributed by atoms with Gasteiger partial charge in [0, 0.05) is 6.61 Å². The Hall–Kier alpha value is -0.460. The maximum absolute atomic E-state index is 9.83. The number of hydrogen-bond acceptors (Lipinski definition) is 5. The summed E-state index contributed by atoms with van der Waals surface area (Å²) in [6.07, 6.45) is 17.5. The second-order valence-electron chi connectivity index (χ2n) is 8.05. The van der Waals surface area contributed by atoms with Crippen molar-refractivity contribution in [2.45, 2.75) is 115 Å². The van der Waals surface area contributed by atoms with Gasteiger partial charge in [-0.25, -0.2) is 0 Å². The van der Waals surface area contributed by atoms with E-state index in [0.29, 0.717) is 6.61 Å². The van der Waals surface area contributed by atoms with Crippen LogP contribution < -0.4 is 0 Å². The molecule has 1 heterocycles. The molecule has 0 aromatic heterocycles. The highest BCUT2D eigenvalue weighted by atomic mass is 16.6. The average Bonchev–Trinajstić information content (AvgIpc) is 2.70. The molecule has 1 saturated heterocycles. The van der Waals surface area contributed by atoms with Crippen molar-refractivity contribution in [1.29, 1.82) is 0 Å². The molecule has 166 valence electrons. The lowest BCUT2D eigenvalue weighted by molar-refractivity contribution is -0.199. The van der Waals surface area contributed by atoms with Gasteiger partial charge in [0.05, 0.1) is 13.2 Å². The fourth-order valence-corrected chi connectivity index (χ4v) is 3.55. The zero-order chi connectivity index (χ0) is 20.5. The lowest BCUT2D eigenvalue weighted by Gasteiger charge is -2.35. The van der Waals surface area contributed by atoms with Gasteiger partial charge in [-0.15, -0.1) is 0 Å². The molecule has 0 bridgehead atoms. The van der Waals surface area contributed by atoms with E-state index in [1.54, 1.807) is 0 Å². The van der Waals surface area contributed by atoms with E-state index in [4.69, 9.17) is 9.47 Å². The zero-order valence-electron chi connectivity index (χ0n) is 17.9. The molecule has 1 fully saturated rings. The fraction of sp³-hybridized carbons (Fsp3) is 0.913. The molecule has 0 radical (unpaired) electrons. The van der Waals surface area contributed by atoms with Gasteiger partial charge in [0.15, 0.2) is 0 Å². The van der Waals surface area contributed by atoms with E-state index in [-0.39, 0.29) is 13.2 Å². The van der Waals surface area contributed by atoms with Crippen LogP contribution in [0.4, 0.5) is 0 Å². The number of unbranched alkanes of at least 4 members (excludes halogenated alkanes) is 11. The molecule has 0 aliphatic carbocycles. The van der Waals surface area contributed by atoms with Crippen molar-refractivity contribution in [2.75, 3.05) is 19.8 Å². The van der Waals surface area contributed by atoms with Gasteiger partial charge >= 0.3 is 0 Å². The van der Waals surface area contributed by atoms with Crippen molar-refractivity contribution in [3.05, 3.63) is 12.2 Å². The molecular formula is C23H44O5. The molecule has 0 unspecified atom stereocenters. The molecule has 5 nitrogen and oxygen atoms in total. The molecule has 0 aromatic carbocycles. The zero-order valence-corrected chi connectivity index (χ0v) is 17.9. The highest BCUT2D eigenvalue weighted by molar-refractivity contribution is 4.86. The van der Waals surface area contributed by atoms with Crippen LogP contribution in [-0.2, 0) is 9.47 Å². The number of ether oxygens (including phenoxy) is 2. The predicted molar refractivity (Wildman–Crippen MR) is 113 cm³/mol. The average molecular weight is 401 g/mol. The van der Waals surface area contributed by atoms with Crippen molar-refractivity contribution in [3.8, 4) is 0 Å². The molecule has 5 heteroatoms. The minimum atomic E-state index is -1.15. The van der Waals surface area contributed by atoms with Crippen molar-refractivity contribution >= 4 is 0 Å². The Balaban J connectivity index is 1.78. The SMILES string of the molecule is CC/C=C/CCCCCCCCCCCCCOC[C@@H]1OC[C@@H](O)[C@H](O)[C@H]1O. The van der Waals surface area contributed by atoms with Crippen LogP contribution in [0.1, 0.15) is 90.4 Å². The highest BCUT2D eigenvalue weighted by Crippen LogP contribution is 2.16. The molecule has 28 heavy (non-hydrogen) atoms. The summed E-state index contributed by atoms with van der Waals surface area (Å²) in [6, 6.07) is 0. The molecule has 4 atom stereocenters. The van der Waals surface area contributed by atoms with E-state index in [0.717, 1.165) is 12.8 Å². The smallest absolute Gasteiger partial charge is 0.111 e. The number of rotatable bonds is 17. The second kappa shape index (κ2) is 17.4. The van der Waals surface area contributed by atoms with E-state index < -0.39 is 24.4 Å². The normalized spacial score (nSPS) is 25.6. The highest BCUT2D eigenvalue weighted by Gasteiger charge is 2.37. The first kappa shape index (κ1) is 25.6. The third kappa shape index (κ3) is 12.2. The summed E-state index contributed by atoms with van der Waals surface area (Å²) in [5.41, 5.74) is 0. The number of allylic oxidation sites excluding steroid dienone is 2. The minimum absolute atomic E-state index is 0.0442. The molecule has 1 aliphatic heterocycles. The van der Waals surface area contributed by atoms with Crippen LogP contribution in [0.25, 0.3) is 0 Å². The standard InChI is InChI=1S/C23H44O5/c1-2-3-4-5-6-7-8-9-10-11-12-13-14-15-16-17-27-19-21-23(26)22(25)20(24)18-28-21/h3-4,20-26H,2,5-19H2,1H3/b4-3+/t20-,21+,22+,23+/m1/s1. The van der Waals surface area contributed by atoms with Crippen molar-refractivity contribution in [3.63, 3.8) is 0 Å². The van der Waals surface area contributed by atoms with Gasteiger partial charge in [-0.1, -0.05) is 76.9 Å². The maximum Gasteiger partial charge on any atom is 0.111 e. The largest absolute Gasteiger partial charge is 0.388 e. The van der Waals surface area contributed by atoms with Gasteiger partial charge in [-0.05, 0) is 25.7 Å². The lowest BCUT2D eigenvalue weighted by Crippen LogP contribution is -2.54. The van der Waals surface area contributed by atoms with Crippen molar-refractivity contribution < 1.29 is 24.8 Å². The van der Waals surface area contributed by atoms with Gasteiger partial charge in [0.25, 0.3) is 0 Å². The molecule has 1 rings (SSSR count). The molecule has 0 spiro atoms. The first-order chi connectivity index (χ1) is 13.7. The first-order valence-electron chi connectivity index (χ1n) is 11.5. The van der Waals surface area contributed by atoms with Gasteiger partial charge < -0.3 is 24.8 Å². The monoisotopic (exact) mass is 400 g/mol. The third-order valence-corrected chi connectivity index (χ3v) is 5.45. The van der Waals surface area contributed by atoms with Gasteiger partial charge in [-0.3, -0.25) is 0 Å². The van der Waals surface area contributed by atoms with E-state index in [1.807, 2.05) is 0 Å². The number of aliphatic hydroxyl groups excluding tert-OH is 3. The Bertz CT molecular complexity index is 374. The summed E-state index contributed by atoms with van der Waals surface area (Å²) in [6.45, 7) is 3.14.